The molecule has 1 atom stereocenters. The first-order valence-electron chi connectivity index (χ1n) is 6.59. The Morgan fingerprint density at radius 3 is 3.37 bits per heavy atom. The fourth-order valence-corrected chi connectivity index (χ4v) is 3.04. The fourth-order valence-electron chi connectivity index (χ4n) is 2.32. The lowest BCUT2D eigenvalue weighted by Gasteiger charge is -2.11. The summed E-state index contributed by atoms with van der Waals surface area (Å²) in [5.74, 6) is 0. The van der Waals surface area contributed by atoms with Crippen LogP contribution in [0.2, 0.25) is 0 Å². The molecule has 0 radical (unpaired) electrons. The number of hydrogen-bond acceptors (Lipinski definition) is 5. The SMILES string of the molecule is O=c1c2ccsc2ncn1CCNCC1CCCO1. The van der Waals surface area contributed by atoms with Crippen molar-refractivity contribution in [1.29, 1.82) is 0 Å². The maximum Gasteiger partial charge on any atom is 0.262 e. The highest BCUT2D eigenvalue weighted by molar-refractivity contribution is 7.16. The summed E-state index contributed by atoms with van der Waals surface area (Å²) in [6.07, 6.45) is 4.27. The van der Waals surface area contributed by atoms with E-state index < -0.39 is 0 Å². The molecular weight excluding hydrogens is 262 g/mol. The molecule has 0 saturated carbocycles. The van der Waals surface area contributed by atoms with E-state index in [9.17, 15) is 4.79 Å². The molecule has 0 spiro atoms. The highest BCUT2D eigenvalue weighted by Gasteiger charge is 2.14. The van der Waals surface area contributed by atoms with Gasteiger partial charge >= 0.3 is 0 Å². The van der Waals surface area contributed by atoms with Gasteiger partial charge in [-0.2, -0.15) is 0 Å². The number of rotatable bonds is 5. The Bertz CT molecular complexity index is 601. The number of nitrogens with one attached hydrogen (secondary N) is 1. The molecule has 5 nitrogen and oxygen atoms in total. The Hall–Kier alpha value is -1.24. The molecule has 0 aliphatic carbocycles. The van der Waals surface area contributed by atoms with Crippen molar-refractivity contribution in [2.24, 2.45) is 0 Å². The van der Waals surface area contributed by atoms with Gasteiger partial charge in [-0.1, -0.05) is 0 Å². The Morgan fingerprint density at radius 1 is 1.58 bits per heavy atom. The number of nitrogens with zero attached hydrogens (tertiary/aromatic N) is 2. The summed E-state index contributed by atoms with van der Waals surface area (Å²) in [7, 11) is 0. The summed E-state index contributed by atoms with van der Waals surface area (Å²) in [6.45, 7) is 3.15. The Morgan fingerprint density at radius 2 is 2.53 bits per heavy atom. The van der Waals surface area contributed by atoms with E-state index in [-0.39, 0.29) is 5.56 Å². The van der Waals surface area contributed by atoms with Crippen molar-refractivity contribution in [3.05, 3.63) is 28.1 Å². The number of hydrogen-bond donors (Lipinski definition) is 1. The number of thiophene rings is 1. The first-order valence-corrected chi connectivity index (χ1v) is 7.47. The van der Waals surface area contributed by atoms with E-state index in [2.05, 4.69) is 10.3 Å². The Balaban J connectivity index is 1.56. The van der Waals surface area contributed by atoms with Gasteiger partial charge in [0, 0.05) is 26.2 Å². The van der Waals surface area contributed by atoms with Crippen molar-refractivity contribution in [2.75, 3.05) is 19.7 Å². The van der Waals surface area contributed by atoms with Crippen molar-refractivity contribution in [2.45, 2.75) is 25.5 Å². The van der Waals surface area contributed by atoms with Gasteiger partial charge in [0.1, 0.15) is 4.83 Å². The molecule has 1 saturated heterocycles. The molecule has 0 amide bonds. The lowest BCUT2D eigenvalue weighted by molar-refractivity contribution is 0.110. The molecule has 2 aromatic rings. The molecular formula is C13H17N3O2S. The molecule has 1 fully saturated rings. The lowest BCUT2D eigenvalue weighted by Crippen LogP contribution is -2.31. The van der Waals surface area contributed by atoms with Crippen molar-refractivity contribution < 1.29 is 4.74 Å². The molecule has 1 aliphatic rings. The van der Waals surface area contributed by atoms with Crippen molar-refractivity contribution in [1.82, 2.24) is 14.9 Å². The van der Waals surface area contributed by atoms with E-state index in [0.717, 1.165) is 37.4 Å². The average Bonchev–Trinajstić information content (AvgIpc) is 3.08. The molecule has 0 bridgehead atoms. The molecule has 0 aromatic carbocycles. The predicted octanol–water partition coefficient (Wildman–Crippen LogP) is 1.23. The summed E-state index contributed by atoms with van der Waals surface area (Å²) in [5.41, 5.74) is 0.0465. The quantitative estimate of drug-likeness (QED) is 0.836. The Labute approximate surface area is 115 Å². The summed E-state index contributed by atoms with van der Waals surface area (Å²) in [4.78, 5) is 17.2. The smallest absolute Gasteiger partial charge is 0.262 e. The minimum absolute atomic E-state index is 0.0465. The largest absolute Gasteiger partial charge is 0.377 e. The van der Waals surface area contributed by atoms with Gasteiger partial charge in [-0.3, -0.25) is 9.36 Å². The molecule has 3 rings (SSSR count). The second-order valence-electron chi connectivity index (χ2n) is 4.72. The lowest BCUT2D eigenvalue weighted by atomic mass is 10.2. The van der Waals surface area contributed by atoms with Crippen LogP contribution in [0.4, 0.5) is 0 Å². The van der Waals surface area contributed by atoms with Crippen LogP contribution in [0.25, 0.3) is 10.2 Å². The first-order chi connectivity index (χ1) is 9.34. The van der Waals surface area contributed by atoms with Gasteiger partial charge in [0.05, 0.1) is 17.8 Å². The number of fused-ring (bicyclic) bond motifs is 1. The van der Waals surface area contributed by atoms with Crippen LogP contribution in [0.3, 0.4) is 0 Å². The molecule has 19 heavy (non-hydrogen) atoms. The van der Waals surface area contributed by atoms with Crippen molar-refractivity contribution in [3.63, 3.8) is 0 Å². The van der Waals surface area contributed by atoms with Gasteiger partial charge in [0.15, 0.2) is 0 Å². The van der Waals surface area contributed by atoms with Gasteiger partial charge in [0.2, 0.25) is 0 Å². The van der Waals surface area contributed by atoms with E-state index in [1.165, 1.54) is 11.3 Å². The van der Waals surface area contributed by atoms with Crippen LogP contribution in [0.15, 0.2) is 22.6 Å². The summed E-state index contributed by atoms with van der Waals surface area (Å²) >= 11 is 1.50. The Kier molecular flexibility index (Phi) is 3.91. The normalized spacial score (nSPS) is 19.3. The second kappa shape index (κ2) is 5.81. The zero-order valence-corrected chi connectivity index (χ0v) is 11.5. The maximum atomic E-state index is 12.1. The third kappa shape index (κ3) is 2.86. The fraction of sp³-hybridized carbons (Fsp3) is 0.538. The van der Waals surface area contributed by atoms with Gasteiger partial charge in [-0.05, 0) is 24.3 Å². The molecule has 2 aromatic heterocycles. The summed E-state index contributed by atoms with van der Waals surface area (Å²) in [5, 5.41) is 5.95. The topological polar surface area (TPSA) is 56.2 Å². The standard InChI is InChI=1S/C13H17N3O2S/c17-13-11-3-7-19-12(11)15-9-16(13)5-4-14-8-10-2-1-6-18-10/h3,7,9-10,14H,1-2,4-6,8H2. The minimum Gasteiger partial charge on any atom is -0.377 e. The zero-order valence-electron chi connectivity index (χ0n) is 10.7. The number of ether oxygens (including phenoxy) is 1. The van der Waals surface area contributed by atoms with Crippen molar-refractivity contribution >= 4 is 21.6 Å². The molecule has 102 valence electrons. The van der Waals surface area contributed by atoms with Gasteiger partial charge in [-0.25, -0.2) is 4.98 Å². The molecule has 1 aliphatic heterocycles. The van der Waals surface area contributed by atoms with Crippen LogP contribution in [0.5, 0.6) is 0 Å². The van der Waals surface area contributed by atoms with Gasteiger partial charge in [-0.15, -0.1) is 11.3 Å². The van der Waals surface area contributed by atoms with Gasteiger partial charge < -0.3 is 10.1 Å². The third-order valence-electron chi connectivity index (χ3n) is 3.38. The van der Waals surface area contributed by atoms with Crippen LogP contribution in [0.1, 0.15) is 12.8 Å². The maximum absolute atomic E-state index is 12.1. The van der Waals surface area contributed by atoms with Crippen LogP contribution in [0, 0.1) is 0 Å². The van der Waals surface area contributed by atoms with E-state index in [1.54, 1.807) is 10.9 Å². The summed E-state index contributed by atoms with van der Waals surface area (Å²) in [6, 6.07) is 1.84. The van der Waals surface area contributed by atoms with Crippen LogP contribution in [-0.2, 0) is 11.3 Å². The predicted molar refractivity (Wildman–Crippen MR) is 75.7 cm³/mol. The molecule has 1 unspecified atom stereocenters. The summed E-state index contributed by atoms with van der Waals surface area (Å²) < 4.78 is 7.20. The minimum atomic E-state index is 0.0465. The monoisotopic (exact) mass is 279 g/mol. The molecule has 1 N–H and O–H groups in total. The average molecular weight is 279 g/mol. The second-order valence-corrected chi connectivity index (χ2v) is 5.62. The van der Waals surface area contributed by atoms with Crippen molar-refractivity contribution in [3.8, 4) is 0 Å². The van der Waals surface area contributed by atoms with E-state index in [0.29, 0.717) is 18.0 Å². The van der Waals surface area contributed by atoms with Crippen LogP contribution >= 0.6 is 11.3 Å². The van der Waals surface area contributed by atoms with Gasteiger partial charge in [0.25, 0.3) is 5.56 Å². The third-order valence-corrected chi connectivity index (χ3v) is 4.20. The van der Waals surface area contributed by atoms with Crippen LogP contribution in [-0.4, -0.2) is 35.4 Å². The van der Waals surface area contributed by atoms with Crippen LogP contribution < -0.4 is 10.9 Å². The van der Waals surface area contributed by atoms with E-state index >= 15 is 0 Å². The number of aromatic nitrogens is 2. The van der Waals surface area contributed by atoms with E-state index in [4.69, 9.17) is 4.74 Å². The van der Waals surface area contributed by atoms with E-state index in [1.807, 2.05) is 11.4 Å². The highest BCUT2D eigenvalue weighted by Crippen LogP contribution is 2.13. The highest BCUT2D eigenvalue weighted by atomic mass is 32.1. The first kappa shape index (κ1) is 12.8. The molecule has 3 heterocycles. The zero-order chi connectivity index (χ0) is 13.1. The molecule has 6 heteroatoms.